The molecular formula is C26H33FN4O4. The number of anilines is 1. The summed E-state index contributed by atoms with van der Waals surface area (Å²) in [6.45, 7) is 10.2. The molecule has 35 heavy (non-hydrogen) atoms. The zero-order valence-corrected chi connectivity index (χ0v) is 21.0. The lowest BCUT2D eigenvalue weighted by Crippen LogP contribution is -2.50. The molecule has 1 amide bonds. The van der Waals surface area contributed by atoms with E-state index in [4.69, 9.17) is 9.47 Å². The van der Waals surface area contributed by atoms with E-state index in [1.54, 1.807) is 17.9 Å². The normalized spacial score (nSPS) is 15.3. The van der Waals surface area contributed by atoms with Crippen LogP contribution >= 0.6 is 0 Å². The SMILES string of the molecule is CCOc1ccc(/C(=C/C=O)N=c2ccc(N3CCN(C(=O)OC(C)(C)C)CC3)cn2C)cc1F. The number of nitrogens with zero attached hydrogens (tertiary/aromatic N) is 4. The molecule has 0 saturated carbocycles. The average molecular weight is 485 g/mol. The van der Waals surface area contributed by atoms with E-state index in [0.29, 0.717) is 55.8 Å². The van der Waals surface area contributed by atoms with Crippen LogP contribution in [0.2, 0.25) is 0 Å². The first-order valence-electron chi connectivity index (χ1n) is 11.6. The van der Waals surface area contributed by atoms with Crippen LogP contribution in [0, 0.1) is 5.82 Å². The molecular weight excluding hydrogens is 451 g/mol. The molecule has 9 heteroatoms. The first-order valence-corrected chi connectivity index (χ1v) is 11.6. The van der Waals surface area contributed by atoms with Crippen LogP contribution < -0.4 is 15.1 Å². The zero-order chi connectivity index (χ0) is 25.6. The van der Waals surface area contributed by atoms with Crippen LogP contribution in [0.4, 0.5) is 14.9 Å². The molecule has 0 N–H and O–H groups in total. The van der Waals surface area contributed by atoms with E-state index in [1.807, 2.05) is 50.7 Å². The van der Waals surface area contributed by atoms with Gasteiger partial charge in [-0.15, -0.1) is 0 Å². The van der Waals surface area contributed by atoms with Crippen molar-refractivity contribution >= 4 is 23.8 Å². The number of benzene rings is 1. The lowest BCUT2D eigenvalue weighted by molar-refractivity contribution is -0.104. The van der Waals surface area contributed by atoms with Crippen LogP contribution in [0.3, 0.4) is 0 Å². The second-order valence-corrected chi connectivity index (χ2v) is 9.19. The number of piperazine rings is 1. The van der Waals surface area contributed by atoms with Crippen molar-refractivity contribution in [1.82, 2.24) is 9.47 Å². The molecule has 8 nitrogen and oxygen atoms in total. The highest BCUT2D eigenvalue weighted by atomic mass is 19.1. The number of hydrogen-bond acceptors (Lipinski definition) is 6. The molecule has 2 aromatic rings. The Balaban J connectivity index is 1.76. The van der Waals surface area contributed by atoms with Gasteiger partial charge in [-0.05, 0) is 58.0 Å². The van der Waals surface area contributed by atoms with E-state index in [-0.39, 0.29) is 11.8 Å². The van der Waals surface area contributed by atoms with Gasteiger partial charge in [0, 0.05) is 51.1 Å². The smallest absolute Gasteiger partial charge is 0.410 e. The Morgan fingerprint density at radius 3 is 2.43 bits per heavy atom. The van der Waals surface area contributed by atoms with Crippen LogP contribution in [0.25, 0.3) is 5.70 Å². The molecule has 1 aromatic carbocycles. The number of aryl methyl sites for hydroxylation is 1. The summed E-state index contributed by atoms with van der Waals surface area (Å²) in [5.74, 6) is -0.357. The van der Waals surface area contributed by atoms with Gasteiger partial charge < -0.3 is 23.8 Å². The Morgan fingerprint density at radius 2 is 1.86 bits per heavy atom. The minimum Gasteiger partial charge on any atom is -0.491 e. The van der Waals surface area contributed by atoms with Crippen molar-refractivity contribution < 1.29 is 23.5 Å². The van der Waals surface area contributed by atoms with Crippen molar-refractivity contribution in [2.45, 2.75) is 33.3 Å². The maximum atomic E-state index is 14.3. The summed E-state index contributed by atoms with van der Waals surface area (Å²) < 4.78 is 26.9. The molecule has 0 bridgehead atoms. The number of allylic oxidation sites excluding steroid dienone is 1. The van der Waals surface area contributed by atoms with E-state index in [2.05, 4.69) is 9.89 Å². The standard InChI is InChI=1S/C26H33FN4O4/c1-6-34-23-9-7-19(17-21(23)27)22(11-16-32)28-24-10-8-20(18-29(24)5)30-12-14-31(15-13-30)25(33)35-26(2,3)4/h7-11,16-18H,6,12-15H2,1-5H3/b22-11-,28-24?. The number of aromatic nitrogens is 1. The summed E-state index contributed by atoms with van der Waals surface area (Å²) >= 11 is 0. The first-order chi connectivity index (χ1) is 16.6. The second kappa shape index (κ2) is 11.2. The Morgan fingerprint density at radius 1 is 1.14 bits per heavy atom. The topological polar surface area (TPSA) is 76.4 Å². The third-order valence-electron chi connectivity index (χ3n) is 5.38. The van der Waals surface area contributed by atoms with E-state index < -0.39 is 11.4 Å². The molecule has 1 saturated heterocycles. The van der Waals surface area contributed by atoms with Crippen LogP contribution in [-0.4, -0.2) is 60.2 Å². The van der Waals surface area contributed by atoms with Crippen LogP contribution in [0.15, 0.2) is 47.6 Å². The number of hydrogen-bond donors (Lipinski definition) is 0. The summed E-state index contributed by atoms with van der Waals surface area (Å²) in [5.41, 5.74) is 1.89. The number of carbonyl (C=O) groups excluding carboxylic acids is 2. The molecule has 1 aromatic heterocycles. The van der Waals surface area contributed by atoms with E-state index in [1.165, 1.54) is 18.2 Å². The van der Waals surface area contributed by atoms with Crippen LogP contribution in [0.5, 0.6) is 5.75 Å². The Kier molecular flexibility index (Phi) is 8.32. The lowest BCUT2D eigenvalue weighted by Gasteiger charge is -2.36. The number of amides is 1. The highest BCUT2D eigenvalue weighted by molar-refractivity contribution is 5.81. The maximum absolute atomic E-state index is 14.3. The Labute approximate surface area is 205 Å². The number of aldehydes is 1. The average Bonchev–Trinajstić information content (AvgIpc) is 2.80. The van der Waals surface area contributed by atoms with Crippen LogP contribution in [-0.2, 0) is 16.6 Å². The fourth-order valence-corrected chi connectivity index (χ4v) is 3.68. The summed E-state index contributed by atoms with van der Waals surface area (Å²) in [4.78, 5) is 32.0. The van der Waals surface area contributed by atoms with Crippen molar-refractivity contribution in [3.05, 3.63) is 59.5 Å². The van der Waals surface area contributed by atoms with Gasteiger partial charge in [0.1, 0.15) is 17.4 Å². The minimum atomic E-state index is -0.518. The van der Waals surface area contributed by atoms with Gasteiger partial charge in [0.05, 0.1) is 18.0 Å². The molecule has 0 aliphatic carbocycles. The molecule has 1 fully saturated rings. The molecule has 0 spiro atoms. The fourth-order valence-electron chi connectivity index (χ4n) is 3.68. The van der Waals surface area contributed by atoms with Gasteiger partial charge in [0.25, 0.3) is 0 Å². The molecule has 1 aliphatic rings. The number of carbonyl (C=O) groups is 2. The molecule has 0 radical (unpaired) electrons. The lowest BCUT2D eigenvalue weighted by atomic mass is 10.1. The molecule has 0 unspecified atom stereocenters. The van der Waals surface area contributed by atoms with Crippen LogP contribution in [0.1, 0.15) is 33.3 Å². The predicted molar refractivity (Wildman–Crippen MR) is 133 cm³/mol. The highest BCUT2D eigenvalue weighted by Crippen LogP contribution is 2.23. The molecule has 188 valence electrons. The monoisotopic (exact) mass is 484 g/mol. The van der Waals surface area contributed by atoms with Crippen molar-refractivity contribution in [3.63, 3.8) is 0 Å². The molecule has 1 aliphatic heterocycles. The predicted octanol–water partition coefficient (Wildman–Crippen LogP) is 3.76. The zero-order valence-electron chi connectivity index (χ0n) is 21.0. The molecule has 3 rings (SSSR count). The number of rotatable bonds is 6. The van der Waals surface area contributed by atoms with Crippen molar-refractivity contribution in [2.75, 3.05) is 37.7 Å². The van der Waals surface area contributed by atoms with Gasteiger partial charge in [-0.25, -0.2) is 14.2 Å². The fraction of sp³-hybridized carbons (Fsp3) is 0.423. The third-order valence-corrected chi connectivity index (χ3v) is 5.38. The third kappa shape index (κ3) is 6.94. The molecule has 0 atom stereocenters. The van der Waals surface area contributed by atoms with Crippen molar-refractivity contribution in [3.8, 4) is 5.75 Å². The van der Waals surface area contributed by atoms with Gasteiger partial charge in [-0.2, -0.15) is 0 Å². The van der Waals surface area contributed by atoms with Crippen molar-refractivity contribution in [2.24, 2.45) is 12.0 Å². The van der Waals surface area contributed by atoms with Gasteiger partial charge in [0.2, 0.25) is 0 Å². The minimum absolute atomic E-state index is 0.156. The molecule has 2 heterocycles. The number of ether oxygens (including phenoxy) is 2. The number of halogens is 1. The van der Waals surface area contributed by atoms with Gasteiger partial charge in [-0.1, -0.05) is 0 Å². The van der Waals surface area contributed by atoms with Crippen molar-refractivity contribution in [1.29, 1.82) is 0 Å². The summed E-state index contributed by atoms with van der Waals surface area (Å²) in [6, 6.07) is 8.30. The van der Waals surface area contributed by atoms with E-state index >= 15 is 0 Å². The van der Waals surface area contributed by atoms with Gasteiger partial charge in [0.15, 0.2) is 11.6 Å². The van der Waals surface area contributed by atoms with E-state index in [9.17, 15) is 14.0 Å². The second-order valence-electron chi connectivity index (χ2n) is 9.19. The van der Waals surface area contributed by atoms with Gasteiger partial charge >= 0.3 is 6.09 Å². The van der Waals surface area contributed by atoms with Gasteiger partial charge in [-0.3, -0.25) is 4.79 Å². The summed E-state index contributed by atoms with van der Waals surface area (Å²) in [7, 11) is 1.86. The van der Waals surface area contributed by atoms with E-state index in [0.717, 1.165) is 5.69 Å². The Hall–Kier alpha value is -3.62. The quantitative estimate of drug-likeness (QED) is 0.461. The Bertz CT molecular complexity index is 1160. The summed E-state index contributed by atoms with van der Waals surface area (Å²) in [6.07, 6.45) is 3.58. The summed E-state index contributed by atoms with van der Waals surface area (Å²) in [5, 5.41) is 0. The number of pyridine rings is 1. The first kappa shape index (κ1) is 26.0. The largest absolute Gasteiger partial charge is 0.491 e. The highest BCUT2D eigenvalue weighted by Gasteiger charge is 2.26. The maximum Gasteiger partial charge on any atom is 0.410 e.